The first-order chi connectivity index (χ1) is 7.10. The Labute approximate surface area is 98.8 Å². The van der Waals surface area contributed by atoms with Crippen molar-refractivity contribution in [1.82, 2.24) is 0 Å². The maximum Gasteiger partial charge on any atom is 0.123 e. The summed E-state index contributed by atoms with van der Waals surface area (Å²) in [5.74, 6) is 0.0381. The molecule has 0 spiro atoms. The van der Waals surface area contributed by atoms with Crippen LogP contribution >= 0.6 is 23.2 Å². The summed E-state index contributed by atoms with van der Waals surface area (Å²) in [6, 6.07) is 5.35. The maximum atomic E-state index is 9.17. The fourth-order valence-electron chi connectivity index (χ4n) is 1.76. The lowest BCUT2D eigenvalue weighted by Gasteiger charge is -2.19. The molecule has 0 saturated carbocycles. The van der Waals surface area contributed by atoms with Crippen LogP contribution in [0.4, 0.5) is 0 Å². The Bertz CT molecular complexity index is 375. The Morgan fingerprint density at radius 1 is 1.53 bits per heavy atom. The van der Waals surface area contributed by atoms with Gasteiger partial charge in [0.25, 0.3) is 0 Å². The zero-order chi connectivity index (χ0) is 11.1. The van der Waals surface area contributed by atoms with Crippen LogP contribution in [0.3, 0.4) is 0 Å². The van der Waals surface area contributed by atoms with Crippen molar-refractivity contribution in [3.8, 4) is 0 Å². The Morgan fingerprint density at radius 3 is 2.67 bits per heavy atom. The van der Waals surface area contributed by atoms with Gasteiger partial charge in [0.1, 0.15) is 5.60 Å². The monoisotopic (exact) mass is 246 g/mol. The highest BCUT2D eigenvalue weighted by atomic mass is 35.5. The first-order valence-corrected chi connectivity index (χ1v) is 5.56. The van der Waals surface area contributed by atoms with E-state index < -0.39 is 5.60 Å². The number of aliphatic hydroxyl groups is 1. The van der Waals surface area contributed by atoms with Gasteiger partial charge in [0.15, 0.2) is 0 Å². The Kier molecular flexibility index (Phi) is 2.95. The quantitative estimate of drug-likeness (QED) is 0.833. The molecular weight excluding hydrogens is 235 g/mol. The minimum Gasteiger partial charge on any atom is -0.396 e. The summed E-state index contributed by atoms with van der Waals surface area (Å²) in [6.07, 6.45) is 0. The fourth-order valence-corrected chi connectivity index (χ4v) is 2.33. The van der Waals surface area contributed by atoms with Crippen LogP contribution < -0.4 is 0 Å². The summed E-state index contributed by atoms with van der Waals surface area (Å²) in [7, 11) is 0. The molecule has 1 aliphatic rings. The lowest BCUT2D eigenvalue weighted by atomic mass is 9.88. The van der Waals surface area contributed by atoms with Gasteiger partial charge in [0, 0.05) is 28.1 Å². The molecule has 0 aliphatic carbocycles. The van der Waals surface area contributed by atoms with Crippen molar-refractivity contribution < 1.29 is 9.84 Å². The topological polar surface area (TPSA) is 32.8 Å². The standard InChI is InChI=1S/C11H12Cl2O2/c1-7(5-14)11(6-15-11)9-3-2-8(12)4-10(9)13/h2-4,7,14H,5-6H2,1H3/t7-,11+/m0/s1. The average molecular weight is 247 g/mol. The molecule has 0 aromatic heterocycles. The first-order valence-electron chi connectivity index (χ1n) is 4.80. The van der Waals surface area contributed by atoms with Crippen molar-refractivity contribution >= 4 is 23.2 Å². The van der Waals surface area contributed by atoms with Gasteiger partial charge in [-0.1, -0.05) is 36.2 Å². The van der Waals surface area contributed by atoms with E-state index in [1.54, 1.807) is 12.1 Å². The van der Waals surface area contributed by atoms with Gasteiger partial charge in [-0.25, -0.2) is 0 Å². The predicted octanol–water partition coefficient (Wildman–Crippen LogP) is 2.85. The molecule has 0 bridgehead atoms. The minimum absolute atomic E-state index is 0.0381. The Hall–Kier alpha value is -0.280. The zero-order valence-electron chi connectivity index (χ0n) is 8.34. The molecule has 2 atom stereocenters. The Balaban J connectivity index is 2.37. The summed E-state index contributed by atoms with van der Waals surface area (Å²) < 4.78 is 5.47. The zero-order valence-corrected chi connectivity index (χ0v) is 9.85. The van der Waals surface area contributed by atoms with Gasteiger partial charge in [-0.3, -0.25) is 0 Å². The average Bonchev–Trinajstić information content (AvgIpc) is 2.97. The van der Waals surface area contributed by atoms with E-state index in [2.05, 4.69) is 0 Å². The third-order valence-corrected chi connectivity index (χ3v) is 3.46. The second-order valence-corrected chi connectivity index (χ2v) is 4.73. The normalized spacial score (nSPS) is 26.4. The molecule has 1 aromatic carbocycles. The third-order valence-electron chi connectivity index (χ3n) is 2.91. The molecule has 82 valence electrons. The molecule has 2 nitrogen and oxygen atoms in total. The van der Waals surface area contributed by atoms with Gasteiger partial charge in [-0.05, 0) is 12.1 Å². The first kappa shape index (κ1) is 11.2. The highest BCUT2D eigenvalue weighted by molar-refractivity contribution is 6.35. The van der Waals surface area contributed by atoms with Crippen LogP contribution in [0.1, 0.15) is 12.5 Å². The van der Waals surface area contributed by atoms with E-state index in [1.807, 2.05) is 13.0 Å². The van der Waals surface area contributed by atoms with Crippen LogP contribution in [0.5, 0.6) is 0 Å². The van der Waals surface area contributed by atoms with Crippen LogP contribution in [-0.2, 0) is 10.3 Å². The molecule has 0 unspecified atom stereocenters. The van der Waals surface area contributed by atoms with Crippen molar-refractivity contribution in [2.45, 2.75) is 12.5 Å². The van der Waals surface area contributed by atoms with E-state index in [1.165, 1.54) is 0 Å². The number of halogens is 2. The van der Waals surface area contributed by atoms with Gasteiger partial charge in [0.05, 0.1) is 6.61 Å². The van der Waals surface area contributed by atoms with Crippen molar-refractivity contribution in [3.63, 3.8) is 0 Å². The fraction of sp³-hybridized carbons (Fsp3) is 0.455. The molecule has 1 heterocycles. The van der Waals surface area contributed by atoms with Gasteiger partial charge in [-0.15, -0.1) is 0 Å². The van der Waals surface area contributed by atoms with Crippen molar-refractivity contribution in [3.05, 3.63) is 33.8 Å². The lowest BCUT2D eigenvalue weighted by Crippen LogP contribution is -2.23. The highest BCUT2D eigenvalue weighted by Gasteiger charge is 2.51. The van der Waals surface area contributed by atoms with Crippen molar-refractivity contribution in [2.75, 3.05) is 13.2 Å². The second-order valence-electron chi connectivity index (χ2n) is 3.89. The number of epoxide rings is 1. The van der Waals surface area contributed by atoms with Gasteiger partial charge in [0.2, 0.25) is 0 Å². The number of aliphatic hydroxyl groups excluding tert-OH is 1. The number of hydrogen-bond acceptors (Lipinski definition) is 2. The van der Waals surface area contributed by atoms with E-state index in [9.17, 15) is 0 Å². The number of hydrogen-bond donors (Lipinski definition) is 1. The van der Waals surface area contributed by atoms with Crippen LogP contribution in [0.15, 0.2) is 18.2 Å². The molecular formula is C11H12Cl2O2. The molecule has 0 amide bonds. The summed E-state index contributed by atoms with van der Waals surface area (Å²) in [4.78, 5) is 0. The highest BCUT2D eigenvalue weighted by Crippen LogP contribution is 2.48. The van der Waals surface area contributed by atoms with E-state index in [4.69, 9.17) is 33.0 Å². The van der Waals surface area contributed by atoms with Crippen LogP contribution in [0.25, 0.3) is 0 Å². The number of rotatable bonds is 3. The molecule has 0 radical (unpaired) electrons. The van der Waals surface area contributed by atoms with E-state index >= 15 is 0 Å². The molecule has 1 saturated heterocycles. The minimum atomic E-state index is -0.406. The van der Waals surface area contributed by atoms with Gasteiger partial charge in [-0.2, -0.15) is 0 Å². The molecule has 1 aromatic rings. The molecule has 15 heavy (non-hydrogen) atoms. The number of benzene rings is 1. The van der Waals surface area contributed by atoms with E-state index in [0.717, 1.165) is 5.56 Å². The molecule has 1 fully saturated rings. The smallest absolute Gasteiger partial charge is 0.123 e. The SMILES string of the molecule is C[C@@H](CO)[C@@]1(c2ccc(Cl)cc2Cl)CO1. The van der Waals surface area contributed by atoms with Crippen molar-refractivity contribution in [2.24, 2.45) is 5.92 Å². The van der Waals surface area contributed by atoms with Crippen LogP contribution in [-0.4, -0.2) is 18.3 Å². The van der Waals surface area contributed by atoms with Gasteiger partial charge < -0.3 is 9.84 Å². The van der Waals surface area contributed by atoms with E-state index in [-0.39, 0.29) is 12.5 Å². The summed E-state index contributed by atoms with van der Waals surface area (Å²) in [5, 5.41) is 10.4. The molecule has 2 rings (SSSR count). The third kappa shape index (κ3) is 1.87. The van der Waals surface area contributed by atoms with Crippen molar-refractivity contribution in [1.29, 1.82) is 0 Å². The number of ether oxygens (including phenoxy) is 1. The van der Waals surface area contributed by atoms with Gasteiger partial charge >= 0.3 is 0 Å². The van der Waals surface area contributed by atoms with Crippen LogP contribution in [0, 0.1) is 5.92 Å². The Morgan fingerprint density at radius 2 is 2.20 bits per heavy atom. The van der Waals surface area contributed by atoms with Crippen LogP contribution in [0.2, 0.25) is 10.0 Å². The summed E-state index contributed by atoms with van der Waals surface area (Å²) in [5.41, 5.74) is 0.506. The summed E-state index contributed by atoms with van der Waals surface area (Å²) in [6.45, 7) is 2.63. The van der Waals surface area contributed by atoms with E-state index in [0.29, 0.717) is 16.7 Å². The maximum absolute atomic E-state index is 9.17. The molecule has 4 heteroatoms. The molecule has 1 N–H and O–H groups in total. The molecule has 1 aliphatic heterocycles. The second kappa shape index (κ2) is 3.95. The summed E-state index contributed by atoms with van der Waals surface area (Å²) >= 11 is 11.9. The largest absolute Gasteiger partial charge is 0.396 e. The lowest BCUT2D eigenvalue weighted by molar-refractivity contribution is 0.147. The predicted molar refractivity (Wildman–Crippen MR) is 60.3 cm³/mol.